The highest BCUT2D eigenvalue weighted by Crippen LogP contribution is 2.45. The molecule has 0 spiro atoms. The van der Waals surface area contributed by atoms with Crippen molar-refractivity contribution in [3.63, 3.8) is 0 Å². The predicted molar refractivity (Wildman–Crippen MR) is 80.3 cm³/mol. The molecule has 1 N–H and O–H groups in total. The molecule has 1 heterocycles. The lowest BCUT2D eigenvalue weighted by Crippen LogP contribution is -2.44. The van der Waals surface area contributed by atoms with Gasteiger partial charge in [-0.1, -0.05) is 20.8 Å². The van der Waals surface area contributed by atoms with Gasteiger partial charge in [0.25, 0.3) is 0 Å². The summed E-state index contributed by atoms with van der Waals surface area (Å²) in [6.45, 7) is 6.15. The Morgan fingerprint density at radius 2 is 2.09 bits per heavy atom. The summed E-state index contributed by atoms with van der Waals surface area (Å²) in [5.41, 5.74) is 1.08. The minimum atomic E-state index is -1.01. The van der Waals surface area contributed by atoms with E-state index in [1.165, 1.54) is 18.1 Å². The molecule has 1 aromatic carbocycles. The average molecular weight is 308 g/mol. The number of methoxy groups -OCH3 is 1. The predicted octanol–water partition coefficient (Wildman–Crippen LogP) is 3.23. The van der Waals surface area contributed by atoms with Gasteiger partial charge in [-0.3, -0.25) is 10.1 Å². The molecule has 1 aliphatic heterocycles. The SMILES string of the molecule is COc1cc2c(cc1[N+](=O)[O-])C(C(C)(C)C)N(C(=O)O)CC2. The number of carboxylic acid groups (broad SMARTS) is 1. The van der Waals surface area contributed by atoms with Gasteiger partial charge in [-0.15, -0.1) is 0 Å². The number of benzene rings is 1. The highest BCUT2D eigenvalue weighted by atomic mass is 16.6. The van der Waals surface area contributed by atoms with Gasteiger partial charge < -0.3 is 14.7 Å². The molecule has 1 unspecified atom stereocenters. The van der Waals surface area contributed by atoms with Crippen molar-refractivity contribution in [3.8, 4) is 5.75 Å². The van der Waals surface area contributed by atoms with Crippen molar-refractivity contribution >= 4 is 11.8 Å². The number of ether oxygens (including phenoxy) is 1. The minimum absolute atomic E-state index is 0.136. The first-order chi connectivity index (χ1) is 10.2. The number of carbonyl (C=O) groups is 1. The summed E-state index contributed by atoms with van der Waals surface area (Å²) in [6, 6.07) is 2.68. The zero-order valence-corrected chi connectivity index (χ0v) is 13.1. The first-order valence-electron chi connectivity index (χ1n) is 7.01. The van der Waals surface area contributed by atoms with E-state index in [9.17, 15) is 20.0 Å². The van der Waals surface area contributed by atoms with Gasteiger partial charge in [0.1, 0.15) is 0 Å². The van der Waals surface area contributed by atoms with Gasteiger partial charge >= 0.3 is 11.8 Å². The molecule has 0 aliphatic carbocycles. The molecular weight excluding hydrogens is 288 g/mol. The summed E-state index contributed by atoms with van der Waals surface area (Å²) in [7, 11) is 1.39. The zero-order chi connectivity index (χ0) is 16.7. The molecule has 7 heteroatoms. The van der Waals surface area contributed by atoms with Crippen LogP contribution in [-0.4, -0.2) is 34.7 Å². The Morgan fingerprint density at radius 3 is 2.55 bits per heavy atom. The zero-order valence-electron chi connectivity index (χ0n) is 13.1. The van der Waals surface area contributed by atoms with Crippen LogP contribution in [0.5, 0.6) is 5.75 Å². The standard InChI is InChI=1S/C15H20N2O5/c1-15(2,3)13-10-8-11(17(20)21)12(22-4)7-9(10)5-6-16(13)14(18)19/h7-8,13H,5-6H2,1-4H3,(H,18,19). The first kappa shape index (κ1) is 16.1. The number of amides is 1. The molecule has 0 saturated heterocycles. The van der Waals surface area contributed by atoms with Crippen molar-refractivity contribution in [2.45, 2.75) is 33.2 Å². The normalized spacial score (nSPS) is 17.8. The van der Waals surface area contributed by atoms with Crippen molar-refractivity contribution < 1.29 is 19.6 Å². The van der Waals surface area contributed by atoms with E-state index in [0.29, 0.717) is 18.5 Å². The van der Waals surface area contributed by atoms with Crippen molar-refractivity contribution in [1.82, 2.24) is 4.90 Å². The molecule has 2 rings (SSSR count). The van der Waals surface area contributed by atoms with Gasteiger partial charge in [0.2, 0.25) is 0 Å². The maximum Gasteiger partial charge on any atom is 0.407 e. The number of rotatable bonds is 2. The lowest BCUT2D eigenvalue weighted by atomic mass is 9.77. The van der Waals surface area contributed by atoms with Gasteiger partial charge in [0, 0.05) is 12.6 Å². The molecule has 1 aromatic rings. The third kappa shape index (κ3) is 2.70. The summed E-state index contributed by atoms with van der Waals surface area (Å²) >= 11 is 0. The van der Waals surface area contributed by atoms with Crippen molar-refractivity contribution in [1.29, 1.82) is 0 Å². The highest BCUT2D eigenvalue weighted by molar-refractivity contribution is 5.67. The number of nitro groups is 1. The quantitative estimate of drug-likeness (QED) is 0.668. The number of hydrogen-bond donors (Lipinski definition) is 1. The van der Waals surface area contributed by atoms with Crippen LogP contribution in [0.25, 0.3) is 0 Å². The molecule has 0 saturated carbocycles. The fourth-order valence-corrected chi connectivity index (χ4v) is 3.08. The van der Waals surface area contributed by atoms with E-state index in [1.807, 2.05) is 20.8 Å². The fraction of sp³-hybridized carbons (Fsp3) is 0.533. The smallest absolute Gasteiger partial charge is 0.407 e. The summed E-state index contributed by atoms with van der Waals surface area (Å²) < 4.78 is 5.10. The van der Waals surface area contributed by atoms with Crippen LogP contribution >= 0.6 is 0 Å². The largest absolute Gasteiger partial charge is 0.490 e. The van der Waals surface area contributed by atoms with E-state index >= 15 is 0 Å². The van der Waals surface area contributed by atoms with Crippen molar-refractivity contribution in [3.05, 3.63) is 33.4 Å². The minimum Gasteiger partial charge on any atom is -0.490 e. The number of fused-ring (bicyclic) bond motifs is 1. The average Bonchev–Trinajstić information content (AvgIpc) is 2.42. The van der Waals surface area contributed by atoms with Crippen LogP contribution in [0.2, 0.25) is 0 Å². The summed E-state index contributed by atoms with van der Waals surface area (Å²) in [6.07, 6.45) is -0.494. The number of hydrogen-bond acceptors (Lipinski definition) is 4. The van der Waals surface area contributed by atoms with E-state index in [4.69, 9.17) is 4.74 Å². The number of nitrogens with zero attached hydrogens (tertiary/aromatic N) is 2. The lowest BCUT2D eigenvalue weighted by molar-refractivity contribution is -0.385. The van der Waals surface area contributed by atoms with Crippen LogP contribution in [0.1, 0.15) is 37.9 Å². The molecule has 0 bridgehead atoms. The van der Waals surface area contributed by atoms with Gasteiger partial charge in [-0.25, -0.2) is 4.79 Å². The van der Waals surface area contributed by atoms with Gasteiger partial charge in [0.05, 0.1) is 18.1 Å². The van der Waals surface area contributed by atoms with Gasteiger partial charge in [-0.2, -0.15) is 0 Å². The molecule has 22 heavy (non-hydrogen) atoms. The van der Waals surface area contributed by atoms with Crippen LogP contribution in [0.4, 0.5) is 10.5 Å². The monoisotopic (exact) mass is 308 g/mol. The lowest BCUT2D eigenvalue weighted by Gasteiger charge is -2.43. The third-order valence-corrected chi connectivity index (χ3v) is 3.93. The Hall–Kier alpha value is -2.31. The molecular formula is C15H20N2O5. The molecule has 0 aromatic heterocycles. The summed E-state index contributed by atoms with van der Waals surface area (Å²) in [5.74, 6) is 0.209. The van der Waals surface area contributed by atoms with Crippen molar-refractivity contribution in [2.24, 2.45) is 5.41 Å². The van der Waals surface area contributed by atoms with Gasteiger partial charge in [-0.05, 0) is 29.0 Å². The second kappa shape index (κ2) is 5.47. The molecule has 1 amide bonds. The molecule has 1 atom stereocenters. The summed E-state index contributed by atoms with van der Waals surface area (Å²) in [5, 5.41) is 20.7. The Morgan fingerprint density at radius 1 is 1.45 bits per heavy atom. The van der Waals surface area contributed by atoms with E-state index in [-0.39, 0.29) is 16.9 Å². The Kier molecular flexibility index (Phi) is 4.00. The molecule has 0 radical (unpaired) electrons. The van der Waals surface area contributed by atoms with E-state index in [1.54, 1.807) is 6.07 Å². The van der Waals surface area contributed by atoms with Crippen LogP contribution < -0.4 is 4.74 Å². The first-order valence-corrected chi connectivity index (χ1v) is 7.01. The second-order valence-electron chi connectivity index (χ2n) is 6.47. The van der Waals surface area contributed by atoms with Crippen molar-refractivity contribution in [2.75, 3.05) is 13.7 Å². The van der Waals surface area contributed by atoms with E-state index in [0.717, 1.165) is 5.56 Å². The number of nitro benzene ring substituents is 1. The topological polar surface area (TPSA) is 92.9 Å². The van der Waals surface area contributed by atoms with Crippen LogP contribution in [0, 0.1) is 15.5 Å². The fourth-order valence-electron chi connectivity index (χ4n) is 3.08. The van der Waals surface area contributed by atoms with E-state index in [2.05, 4.69) is 0 Å². The Bertz CT molecular complexity index is 621. The molecule has 0 fully saturated rings. The summed E-state index contributed by atoms with van der Waals surface area (Å²) in [4.78, 5) is 23.6. The Balaban J connectivity index is 2.66. The highest BCUT2D eigenvalue weighted by Gasteiger charge is 2.40. The molecule has 120 valence electrons. The van der Waals surface area contributed by atoms with Crippen LogP contribution in [-0.2, 0) is 6.42 Å². The second-order valence-corrected chi connectivity index (χ2v) is 6.47. The van der Waals surface area contributed by atoms with Gasteiger partial charge in [0.15, 0.2) is 5.75 Å². The maximum absolute atomic E-state index is 11.5. The maximum atomic E-state index is 11.5. The Labute approximate surface area is 128 Å². The molecule has 7 nitrogen and oxygen atoms in total. The van der Waals surface area contributed by atoms with Crippen LogP contribution in [0.3, 0.4) is 0 Å². The van der Waals surface area contributed by atoms with E-state index < -0.39 is 17.1 Å². The van der Waals surface area contributed by atoms with Crippen LogP contribution in [0.15, 0.2) is 12.1 Å². The third-order valence-electron chi connectivity index (χ3n) is 3.93. The molecule has 1 aliphatic rings.